The van der Waals surface area contributed by atoms with Crippen LogP contribution in [0.5, 0.6) is 0 Å². The minimum atomic E-state index is -0.133. The Balaban J connectivity index is 2.11. The fourth-order valence-corrected chi connectivity index (χ4v) is 2.94. The highest BCUT2D eigenvalue weighted by Gasteiger charge is 2.25. The van der Waals surface area contributed by atoms with Crippen molar-refractivity contribution in [2.24, 2.45) is 5.92 Å². The zero-order valence-electron chi connectivity index (χ0n) is 15.2. The standard InChI is InChI=1S/C22H28O3/c1-3-11-20(22(23)24-4-2)16-21(19-14-9-6-10-15-19)25-17-18-12-7-5-8-13-18/h5-10,12-15,20-21H,3-4,11,16-17H2,1-2H3/t20-,21+/m1/s1. The molecule has 0 heterocycles. The minimum absolute atomic E-state index is 0.117. The Bertz CT molecular complexity index is 610. The fourth-order valence-electron chi connectivity index (χ4n) is 2.94. The Morgan fingerprint density at radius 1 is 0.960 bits per heavy atom. The van der Waals surface area contributed by atoms with Gasteiger partial charge >= 0.3 is 5.97 Å². The first kappa shape index (κ1) is 19.2. The van der Waals surface area contributed by atoms with Gasteiger partial charge in [0.1, 0.15) is 0 Å². The molecule has 0 amide bonds. The van der Waals surface area contributed by atoms with Gasteiger partial charge in [-0.25, -0.2) is 0 Å². The van der Waals surface area contributed by atoms with Crippen molar-refractivity contribution < 1.29 is 14.3 Å². The molecule has 3 nitrogen and oxygen atoms in total. The summed E-state index contributed by atoms with van der Waals surface area (Å²) < 4.78 is 11.5. The number of carbonyl (C=O) groups is 1. The molecule has 0 radical (unpaired) electrons. The van der Waals surface area contributed by atoms with Crippen molar-refractivity contribution in [1.82, 2.24) is 0 Å². The molecule has 3 heteroatoms. The van der Waals surface area contributed by atoms with Gasteiger partial charge in [0, 0.05) is 0 Å². The van der Waals surface area contributed by atoms with Crippen molar-refractivity contribution >= 4 is 5.97 Å². The summed E-state index contributed by atoms with van der Waals surface area (Å²) in [5.74, 6) is -0.250. The molecule has 0 aliphatic rings. The lowest BCUT2D eigenvalue weighted by Crippen LogP contribution is -2.21. The highest BCUT2D eigenvalue weighted by molar-refractivity contribution is 5.72. The van der Waals surface area contributed by atoms with Gasteiger partial charge in [-0.2, -0.15) is 0 Å². The van der Waals surface area contributed by atoms with Crippen LogP contribution in [0.15, 0.2) is 60.7 Å². The second-order valence-corrected chi connectivity index (χ2v) is 6.17. The van der Waals surface area contributed by atoms with Crippen LogP contribution >= 0.6 is 0 Å². The van der Waals surface area contributed by atoms with Crippen molar-refractivity contribution in [2.45, 2.75) is 45.8 Å². The molecule has 0 bridgehead atoms. The first-order valence-electron chi connectivity index (χ1n) is 9.11. The van der Waals surface area contributed by atoms with Crippen LogP contribution in [0, 0.1) is 5.92 Å². The van der Waals surface area contributed by atoms with E-state index < -0.39 is 0 Å². The van der Waals surface area contributed by atoms with E-state index in [9.17, 15) is 4.79 Å². The quantitative estimate of drug-likeness (QED) is 0.550. The molecule has 0 saturated carbocycles. The molecule has 0 aliphatic heterocycles. The summed E-state index contributed by atoms with van der Waals surface area (Å²) in [6, 6.07) is 20.2. The van der Waals surface area contributed by atoms with E-state index in [0.29, 0.717) is 19.6 Å². The SMILES string of the molecule is CCC[C@H](C[C@H](OCc1ccccc1)c1ccccc1)C(=O)OCC. The molecule has 2 aromatic rings. The number of hydrogen-bond acceptors (Lipinski definition) is 3. The lowest BCUT2D eigenvalue weighted by atomic mass is 9.93. The molecule has 0 unspecified atom stereocenters. The lowest BCUT2D eigenvalue weighted by Gasteiger charge is -2.23. The Morgan fingerprint density at radius 2 is 1.60 bits per heavy atom. The van der Waals surface area contributed by atoms with E-state index in [-0.39, 0.29) is 18.0 Å². The maximum absolute atomic E-state index is 12.3. The molecule has 0 saturated heterocycles. The maximum atomic E-state index is 12.3. The first-order chi connectivity index (χ1) is 12.2. The molecule has 134 valence electrons. The summed E-state index contributed by atoms with van der Waals surface area (Å²) in [6.45, 7) is 4.89. The van der Waals surface area contributed by atoms with E-state index in [4.69, 9.17) is 9.47 Å². The average molecular weight is 340 g/mol. The van der Waals surface area contributed by atoms with Gasteiger partial charge in [-0.3, -0.25) is 4.79 Å². The molecule has 0 fully saturated rings. The van der Waals surface area contributed by atoms with Gasteiger partial charge in [0.15, 0.2) is 0 Å². The molecular weight excluding hydrogens is 312 g/mol. The smallest absolute Gasteiger partial charge is 0.309 e. The molecule has 2 atom stereocenters. The first-order valence-corrected chi connectivity index (χ1v) is 9.11. The second kappa shape index (κ2) is 10.7. The number of benzene rings is 2. The summed E-state index contributed by atoms with van der Waals surface area (Å²) in [5, 5.41) is 0. The molecule has 25 heavy (non-hydrogen) atoms. The molecule has 0 aromatic heterocycles. The van der Waals surface area contributed by atoms with Crippen molar-refractivity contribution in [3.05, 3.63) is 71.8 Å². The van der Waals surface area contributed by atoms with E-state index in [2.05, 4.69) is 31.2 Å². The molecule has 2 rings (SSSR count). The van der Waals surface area contributed by atoms with Gasteiger partial charge < -0.3 is 9.47 Å². The van der Waals surface area contributed by atoms with Gasteiger partial charge in [0.2, 0.25) is 0 Å². The van der Waals surface area contributed by atoms with Crippen molar-refractivity contribution in [3.8, 4) is 0 Å². The number of esters is 1. The zero-order valence-corrected chi connectivity index (χ0v) is 15.2. The highest BCUT2D eigenvalue weighted by atomic mass is 16.5. The van der Waals surface area contributed by atoms with Crippen molar-refractivity contribution in [2.75, 3.05) is 6.61 Å². The van der Waals surface area contributed by atoms with Crippen LogP contribution in [0.1, 0.15) is 50.3 Å². The summed E-state index contributed by atoms with van der Waals surface area (Å²) in [4.78, 5) is 12.3. The van der Waals surface area contributed by atoms with E-state index in [0.717, 1.165) is 24.0 Å². The predicted molar refractivity (Wildman–Crippen MR) is 100 cm³/mol. The van der Waals surface area contributed by atoms with Crippen molar-refractivity contribution in [3.63, 3.8) is 0 Å². The van der Waals surface area contributed by atoms with Gasteiger partial charge in [0.05, 0.1) is 25.2 Å². The topological polar surface area (TPSA) is 35.5 Å². The van der Waals surface area contributed by atoms with Crippen LogP contribution in [-0.2, 0) is 20.9 Å². The van der Waals surface area contributed by atoms with Crippen molar-refractivity contribution in [1.29, 1.82) is 0 Å². The second-order valence-electron chi connectivity index (χ2n) is 6.17. The van der Waals surface area contributed by atoms with Gasteiger partial charge in [-0.05, 0) is 30.9 Å². The fraction of sp³-hybridized carbons (Fsp3) is 0.409. The number of carbonyl (C=O) groups excluding carboxylic acids is 1. The summed E-state index contributed by atoms with van der Waals surface area (Å²) in [7, 11) is 0. The Kier molecular flexibility index (Phi) is 8.20. The highest BCUT2D eigenvalue weighted by Crippen LogP contribution is 2.29. The van der Waals surface area contributed by atoms with Crippen LogP contribution in [0.4, 0.5) is 0 Å². The molecule has 0 spiro atoms. The van der Waals surface area contributed by atoms with Crippen LogP contribution in [0.2, 0.25) is 0 Å². The molecule has 0 aliphatic carbocycles. The lowest BCUT2D eigenvalue weighted by molar-refractivity contribution is -0.150. The van der Waals surface area contributed by atoms with Crippen LogP contribution in [0.25, 0.3) is 0 Å². The van der Waals surface area contributed by atoms with Crippen LogP contribution in [-0.4, -0.2) is 12.6 Å². The minimum Gasteiger partial charge on any atom is -0.466 e. The number of hydrogen-bond donors (Lipinski definition) is 0. The summed E-state index contributed by atoms with van der Waals surface area (Å²) in [5.41, 5.74) is 2.23. The third-order valence-corrected chi connectivity index (χ3v) is 4.22. The van der Waals surface area contributed by atoms with Gasteiger partial charge in [-0.15, -0.1) is 0 Å². The largest absolute Gasteiger partial charge is 0.466 e. The molecule has 2 aromatic carbocycles. The van der Waals surface area contributed by atoms with Crippen LogP contribution < -0.4 is 0 Å². The zero-order chi connectivity index (χ0) is 17.9. The van der Waals surface area contributed by atoms with Crippen LogP contribution in [0.3, 0.4) is 0 Å². The van der Waals surface area contributed by atoms with E-state index in [1.54, 1.807) is 0 Å². The van der Waals surface area contributed by atoms with E-state index in [1.807, 2.05) is 43.3 Å². The Morgan fingerprint density at radius 3 is 2.20 bits per heavy atom. The van der Waals surface area contributed by atoms with Gasteiger partial charge in [-0.1, -0.05) is 74.0 Å². The van der Waals surface area contributed by atoms with Gasteiger partial charge in [0.25, 0.3) is 0 Å². The maximum Gasteiger partial charge on any atom is 0.309 e. The number of ether oxygens (including phenoxy) is 2. The third-order valence-electron chi connectivity index (χ3n) is 4.22. The van der Waals surface area contributed by atoms with E-state index in [1.165, 1.54) is 0 Å². The monoisotopic (exact) mass is 340 g/mol. The number of rotatable bonds is 10. The average Bonchev–Trinajstić information content (AvgIpc) is 2.66. The predicted octanol–water partition coefficient (Wildman–Crippen LogP) is 5.31. The molecular formula is C22H28O3. The third kappa shape index (κ3) is 6.35. The normalized spacial score (nSPS) is 13.2. The summed E-state index contributed by atoms with van der Waals surface area (Å²) >= 11 is 0. The molecule has 0 N–H and O–H groups in total. The summed E-state index contributed by atoms with van der Waals surface area (Å²) in [6.07, 6.45) is 2.28. The Hall–Kier alpha value is -2.13. The Labute approximate surface area is 151 Å². The van der Waals surface area contributed by atoms with E-state index >= 15 is 0 Å².